The molecule has 0 saturated carbocycles. The van der Waals surface area contributed by atoms with Crippen LogP contribution in [0.2, 0.25) is 0 Å². The van der Waals surface area contributed by atoms with Gasteiger partial charge in [-0.05, 0) is 105 Å². The number of ether oxygens (including phenoxy) is 6. The molecule has 6 aromatic carbocycles. The molecule has 0 aliphatic heterocycles. The predicted octanol–water partition coefficient (Wildman–Crippen LogP) is -12.5. The van der Waals surface area contributed by atoms with Crippen molar-refractivity contribution in [1.82, 2.24) is 0 Å². The summed E-state index contributed by atoms with van der Waals surface area (Å²) in [6.07, 6.45) is -1.14. The third-order valence-electron chi connectivity index (χ3n) is 14.1. The minimum atomic E-state index is -4.67. The summed E-state index contributed by atoms with van der Waals surface area (Å²) < 4.78 is 251. The second kappa shape index (κ2) is 43.8. The van der Waals surface area contributed by atoms with Gasteiger partial charge in [-0.1, -0.05) is 109 Å². The molecule has 1 aliphatic rings. The topological polar surface area (TPSA) is 399 Å². The molecule has 0 unspecified atom stereocenters. The van der Waals surface area contributed by atoms with Crippen LogP contribution in [0, 0.1) is 0 Å². The van der Waals surface area contributed by atoms with Crippen molar-refractivity contribution in [2.45, 2.75) is 77.0 Å². The van der Waals surface area contributed by atoms with Crippen LogP contribution in [0.15, 0.2) is 109 Å². The molecule has 0 spiro atoms. The zero-order valence-corrected chi connectivity index (χ0v) is 71.5. The second-order valence-electron chi connectivity index (χ2n) is 21.3. The molecule has 0 heterocycles. The van der Waals surface area contributed by atoms with Crippen molar-refractivity contribution < 1.29 is 284 Å². The number of hydrogen-bond donors (Lipinski definition) is 0. The van der Waals surface area contributed by atoms with E-state index in [0.717, 1.165) is 0 Å². The van der Waals surface area contributed by atoms with Gasteiger partial charge >= 0.3 is 177 Å². The van der Waals surface area contributed by atoms with E-state index < -0.39 is 95.2 Å². The molecule has 0 atom stereocenters. The zero-order valence-electron chi connectivity index (χ0n) is 54.6. The van der Waals surface area contributed by atoms with Gasteiger partial charge in [0.25, 0.3) is 0 Å². The molecule has 0 fully saturated rings. The first-order valence-corrected chi connectivity index (χ1v) is 37.9. The van der Waals surface area contributed by atoms with Crippen LogP contribution < -0.4 is 206 Å². The second-order valence-corrected chi connectivity index (χ2v) is 30.4. The zero-order chi connectivity index (χ0) is 65.3. The van der Waals surface area contributed by atoms with Gasteiger partial charge < -0.3 is 55.7 Å². The van der Waals surface area contributed by atoms with Crippen LogP contribution in [0.3, 0.4) is 0 Å². The molecule has 96 heavy (non-hydrogen) atoms. The summed E-state index contributed by atoms with van der Waals surface area (Å²) in [4.78, 5) is 0. The smallest absolute Gasteiger partial charge is 0.748 e. The van der Waals surface area contributed by atoms with Crippen LogP contribution in [0.25, 0.3) is 0 Å². The van der Waals surface area contributed by atoms with Crippen LogP contribution in [-0.2, 0) is 99.2 Å². The van der Waals surface area contributed by atoms with Gasteiger partial charge in [0, 0.05) is 73.0 Å². The normalized spacial score (nSPS) is 12.6. The van der Waals surface area contributed by atoms with E-state index in [0.29, 0.717) is 66.8 Å². The average Bonchev–Trinajstić information content (AvgIpc) is 0.819. The Morgan fingerprint density at radius 3 is 0.417 bits per heavy atom. The summed E-state index contributed by atoms with van der Waals surface area (Å²) in [5.41, 5.74) is 6.09. The van der Waals surface area contributed by atoms with Crippen molar-refractivity contribution in [3.63, 3.8) is 0 Å². The summed E-state index contributed by atoms with van der Waals surface area (Å²) in [6, 6.07) is 31.3. The molecule has 0 N–H and O–H groups in total. The molecule has 0 aromatic heterocycles. The Hall–Kier alpha value is -0.420. The van der Waals surface area contributed by atoms with Crippen LogP contribution in [-0.4, -0.2) is 152 Å². The summed E-state index contributed by atoms with van der Waals surface area (Å²) in [5, 5.41) is 0. The van der Waals surface area contributed by atoms with Crippen molar-refractivity contribution in [3.8, 4) is 34.5 Å². The van der Waals surface area contributed by atoms with E-state index in [1.807, 2.05) is 0 Å². The van der Waals surface area contributed by atoms with E-state index in [9.17, 15) is 77.8 Å². The SMILES string of the molecule is O=S(=O)([O-])CCCOc1c2cccc1Cc1cccc(c1OCCCS(=O)(=O)[O-])Cc1cccc(c1OCCCS(=O)(=O)[O-])Cc1cccc(c1OCCCS(=O)(=O)[O-])Cc1cccc(c1OCCCS(=O)(=O)[O-])Cc1cccc(c1OCCCS(=O)(=O)[O-])C2.[Na+].[Na+].[Na+].[Na+].[Na+].[Na+]. The molecule has 0 amide bonds. The summed E-state index contributed by atoms with van der Waals surface area (Å²) >= 11 is 0. The molecule has 0 radical (unpaired) electrons. The van der Waals surface area contributed by atoms with Crippen LogP contribution in [0.5, 0.6) is 34.5 Å². The van der Waals surface area contributed by atoms with Gasteiger partial charge in [0.05, 0.1) is 100 Å². The van der Waals surface area contributed by atoms with E-state index in [1.165, 1.54) is 0 Å². The first-order valence-electron chi connectivity index (χ1n) is 28.4. The van der Waals surface area contributed by atoms with E-state index in [4.69, 9.17) is 28.4 Å². The molecule has 0 saturated heterocycles. The van der Waals surface area contributed by atoms with E-state index in [2.05, 4.69) is 0 Å². The van der Waals surface area contributed by atoms with Gasteiger partial charge in [-0.15, -0.1) is 0 Å². The molecular formula is C60H66Na6O24S6. The average molecular weight is 1500 g/mol. The van der Waals surface area contributed by atoms with Gasteiger partial charge in [-0.25, -0.2) is 50.5 Å². The first-order chi connectivity index (χ1) is 42.4. The molecule has 492 valence electrons. The fourth-order valence-electron chi connectivity index (χ4n) is 10.3. The fraction of sp³-hybridized carbons (Fsp3) is 0.400. The Bertz CT molecular complexity index is 3390. The van der Waals surface area contributed by atoms with Gasteiger partial charge in [0.15, 0.2) is 0 Å². The van der Waals surface area contributed by atoms with Gasteiger partial charge in [-0.2, -0.15) is 0 Å². The van der Waals surface area contributed by atoms with E-state index >= 15 is 0 Å². The fourth-order valence-corrected chi connectivity index (χ4v) is 13.1. The van der Waals surface area contributed by atoms with Crippen molar-refractivity contribution in [1.29, 1.82) is 0 Å². The Morgan fingerprint density at radius 2 is 0.323 bits per heavy atom. The number of rotatable bonds is 30. The quantitative estimate of drug-likeness (QED) is 0.0229. The van der Waals surface area contributed by atoms with Crippen molar-refractivity contribution in [3.05, 3.63) is 176 Å². The predicted molar refractivity (Wildman–Crippen MR) is 324 cm³/mol. The first kappa shape index (κ1) is 93.6. The molecule has 12 bridgehead atoms. The number of para-hydroxylation sites is 6. The van der Waals surface area contributed by atoms with Gasteiger partial charge in [0.2, 0.25) is 0 Å². The maximum atomic E-state index is 11.8. The Balaban J connectivity index is 0.00000768. The summed E-state index contributed by atoms with van der Waals surface area (Å²) in [6.45, 7) is -1.53. The maximum Gasteiger partial charge on any atom is 1.00 e. The third kappa shape index (κ3) is 33.1. The van der Waals surface area contributed by atoms with Crippen molar-refractivity contribution >= 4 is 60.7 Å². The largest absolute Gasteiger partial charge is 1.00 e. The molecule has 7 rings (SSSR count). The van der Waals surface area contributed by atoms with Gasteiger partial charge in [0.1, 0.15) is 34.5 Å². The third-order valence-corrected chi connectivity index (χ3v) is 18.8. The Kier molecular flexibility index (Phi) is 42.7. The molecule has 1 aliphatic carbocycles. The van der Waals surface area contributed by atoms with Crippen molar-refractivity contribution in [2.24, 2.45) is 0 Å². The monoisotopic (exact) mass is 1500 g/mol. The van der Waals surface area contributed by atoms with Crippen LogP contribution in [0.1, 0.15) is 105 Å². The van der Waals surface area contributed by atoms with Crippen molar-refractivity contribution in [2.75, 3.05) is 74.2 Å². The number of fused-ring (bicyclic) bond motifs is 12. The van der Waals surface area contributed by atoms with E-state index in [1.54, 1.807) is 109 Å². The standard InChI is InChI=1S/C60H72O24S6.6Na/c61-85(62,63)31-7-25-79-55-43-13-1-14-44(55)38-46-16-3-18-48(57(46)81-27-9-33-87(67,68)69)40-50-20-5-22-52(59(50)83-29-11-35-89(73,74)75)42-54-24-6-23-53(60(54)84-30-12-36-90(76,77)78)41-51-21-4-19-49(58(51)82-28-10-34-88(70,71)72)39-47-17-2-15-45(37-43)56(47)80-26-8-32-86(64,65)66;;;;;;/h1-6,13-24H,7-12,25-42H2,(H,61,62,63)(H,64,65,66)(H,67,68,69)(H,70,71,72)(H,73,74,75)(H,76,77,78);;;;;;/q;6*+1/p-6. The summed E-state index contributed by atoms with van der Waals surface area (Å²) in [7, 11) is -28.0. The molecule has 6 aromatic rings. The minimum Gasteiger partial charge on any atom is -0.748 e. The molecule has 36 heteroatoms. The molecule has 24 nitrogen and oxygen atoms in total. The molecular weight excluding hydrogens is 1430 g/mol. The van der Waals surface area contributed by atoms with E-state index in [-0.39, 0.29) is 329 Å². The number of benzene rings is 6. The Labute approximate surface area is 695 Å². The Morgan fingerprint density at radius 1 is 0.219 bits per heavy atom. The van der Waals surface area contributed by atoms with Crippen LogP contribution >= 0.6 is 0 Å². The maximum absolute atomic E-state index is 11.8. The van der Waals surface area contributed by atoms with Gasteiger partial charge in [-0.3, -0.25) is 0 Å². The number of hydrogen-bond acceptors (Lipinski definition) is 24. The summed E-state index contributed by atoms with van der Waals surface area (Å²) in [5.74, 6) is -2.98. The minimum absolute atomic E-state index is 0. The van der Waals surface area contributed by atoms with Crippen LogP contribution in [0.4, 0.5) is 0 Å².